The zero-order valence-electron chi connectivity index (χ0n) is 14.3. The van der Waals surface area contributed by atoms with Gasteiger partial charge in [0.25, 0.3) is 0 Å². The second-order valence-electron chi connectivity index (χ2n) is 5.94. The molecule has 0 amide bonds. The van der Waals surface area contributed by atoms with E-state index in [-0.39, 0.29) is 0 Å². The lowest BCUT2D eigenvalue weighted by Gasteiger charge is -2.07. The molecule has 0 bridgehead atoms. The van der Waals surface area contributed by atoms with Crippen molar-refractivity contribution in [1.29, 1.82) is 0 Å². The van der Waals surface area contributed by atoms with Crippen molar-refractivity contribution < 1.29 is 0 Å². The Morgan fingerprint density at radius 3 is 2.46 bits per heavy atom. The molecule has 0 fully saturated rings. The molecule has 26 heavy (non-hydrogen) atoms. The summed E-state index contributed by atoms with van der Waals surface area (Å²) < 4.78 is 3.51. The van der Waals surface area contributed by atoms with Crippen LogP contribution >= 0.6 is 0 Å². The summed E-state index contributed by atoms with van der Waals surface area (Å²) in [5, 5.41) is 20.1. The maximum atomic E-state index is 4.32. The molecule has 4 rings (SSSR count). The van der Waals surface area contributed by atoms with Gasteiger partial charge in [0, 0.05) is 12.7 Å². The number of anilines is 1. The Kier molecular flexibility index (Phi) is 4.38. The van der Waals surface area contributed by atoms with Crippen molar-refractivity contribution in [2.45, 2.75) is 20.0 Å². The van der Waals surface area contributed by atoms with Gasteiger partial charge < -0.3 is 5.32 Å². The number of rotatable bonds is 6. The summed E-state index contributed by atoms with van der Waals surface area (Å²) in [5.74, 6) is 1.42. The Hall–Kier alpha value is -3.55. The third kappa shape index (κ3) is 3.75. The van der Waals surface area contributed by atoms with Gasteiger partial charge in [-0.1, -0.05) is 24.3 Å². The van der Waals surface area contributed by atoms with Crippen LogP contribution in [0.5, 0.6) is 0 Å². The van der Waals surface area contributed by atoms with Crippen molar-refractivity contribution in [2.75, 3.05) is 5.32 Å². The molecule has 0 saturated carbocycles. The highest BCUT2D eigenvalue weighted by atomic mass is 15.3. The number of benzene rings is 1. The van der Waals surface area contributed by atoms with E-state index in [4.69, 9.17) is 0 Å². The summed E-state index contributed by atoms with van der Waals surface area (Å²) in [6.07, 6.45) is 5.12. The van der Waals surface area contributed by atoms with Gasteiger partial charge in [0.05, 0.1) is 12.2 Å². The Morgan fingerprint density at radius 1 is 0.962 bits per heavy atom. The highest BCUT2D eigenvalue weighted by molar-refractivity contribution is 5.37. The van der Waals surface area contributed by atoms with E-state index in [0.29, 0.717) is 18.9 Å². The maximum absolute atomic E-state index is 4.32. The summed E-state index contributed by atoms with van der Waals surface area (Å²) in [4.78, 5) is 3.95. The van der Waals surface area contributed by atoms with Crippen LogP contribution in [0, 0.1) is 6.92 Å². The maximum Gasteiger partial charge on any atom is 0.175 e. The van der Waals surface area contributed by atoms with E-state index >= 15 is 0 Å². The number of nitrogens with zero attached hydrogens (tertiary/aromatic N) is 7. The van der Waals surface area contributed by atoms with Gasteiger partial charge in [0.1, 0.15) is 18.5 Å². The smallest absolute Gasteiger partial charge is 0.175 e. The van der Waals surface area contributed by atoms with Gasteiger partial charge in [-0.05, 0) is 36.2 Å². The molecule has 3 heterocycles. The zero-order valence-corrected chi connectivity index (χ0v) is 14.3. The number of aryl methyl sites for hydroxylation is 1. The largest absolute Gasteiger partial charge is 0.365 e. The lowest BCUT2D eigenvalue weighted by atomic mass is 10.1. The fourth-order valence-electron chi connectivity index (χ4n) is 2.54. The monoisotopic (exact) mass is 346 g/mol. The number of nitrogens with one attached hydrogen (secondary N) is 1. The van der Waals surface area contributed by atoms with Crippen molar-refractivity contribution in [1.82, 2.24) is 34.7 Å². The molecule has 0 saturated heterocycles. The third-order valence-corrected chi connectivity index (χ3v) is 3.92. The highest BCUT2D eigenvalue weighted by Crippen LogP contribution is 2.10. The van der Waals surface area contributed by atoms with Gasteiger partial charge in [-0.25, -0.2) is 14.3 Å². The first-order chi connectivity index (χ1) is 12.8. The first kappa shape index (κ1) is 15.9. The summed E-state index contributed by atoms with van der Waals surface area (Å²) >= 11 is 0. The Labute approximate surface area is 150 Å². The molecular formula is C18H18N8. The molecule has 0 atom stereocenters. The SMILES string of the molecule is Cc1ccn(-c2ccc(NCc3ccc(Cn4cncn4)cc3)nn2)n1. The van der Waals surface area contributed by atoms with Crippen molar-refractivity contribution >= 4 is 5.82 Å². The fourth-order valence-corrected chi connectivity index (χ4v) is 2.54. The lowest BCUT2D eigenvalue weighted by Crippen LogP contribution is -2.05. The minimum absolute atomic E-state index is 0.679. The minimum atomic E-state index is 0.679. The molecule has 0 spiro atoms. The van der Waals surface area contributed by atoms with Crippen molar-refractivity contribution in [3.63, 3.8) is 0 Å². The first-order valence-electron chi connectivity index (χ1n) is 8.27. The minimum Gasteiger partial charge on any atom is -0.365 e. The molecule has 0 aliphatic heterocycles. The van der Waals surface area contributed by atoms with Gasteiger partial charge in [-0.15, -0.1) is 10.2 Å². The average Bonchev–Trinajstić information content (AvgIpc) is 3.33. The van der Waals surface area contributed by atoms with E-state index < -0.39 is 0 Å². The van der Waals surface area contributed by atoms with Crippen LogP contribution in [-0.4, -0.2) is 34.7 Å². The van der Waals surface area contributed by atoms with Gasteiger partial charge in [0.2, 0.25) is 0 Å². The van der Waals surface area contributed by atoms with Crippen molar-refractivity contribution in [3.05, 3.63) is 78.1 Å². The molecule has 3 aromatic heterocycles. The van der Waals surface area contributed by atoms with Crippen LogP contribution in [0.1, 0.15) is 16.8 Å². The molecule has 8 nitrogen and oxygen atoms in total. The second-order valence-corrected chi connectivity index (χ2v) is 5.94. The molecule has 0 aliphatic carbocycles. The molecule has 1 N–H and O–H groups in total. The molecule has 4 aromatic rings. The van der Waals surface area contributed by atoms with Crippen LogP contribution < -0.4 is 5.32 Å². The van der Waals surface area contributed by atoms with Crippen LogP contribution in [0.15, 0.2) is 61.3 Å². The quantitative estimate of drug-likeness (QED) is 0.576. The Bertz CT molecular complexity index is 955. The number of hydrogen-bond acceptors (Lipinski definition) is 6. The molecule has 130 valence electrons. The van der Waals surface area contributed by atoms with E-state index in [1.54, 1.807) is 15.7 Å². The van der Waals surface area contributed by atoms with E-state index in [2.05, 4.69) is 55.0 Å². The normalized spacial score (nSPS) is 10.8. The second kappa shape index (κ2) is 7.14. The lowest BCUT2D eigenvalue weighted by molar-refractivity contribution is 0.684. The molecule has 8 heteroatoms. The summed E-state index contributed by atoms with van der Waals surface area (Å²) in [7, 11) is 0. The van der Waals surface area contributed by atoms with Gasteiger partial charge in [-0.2, -0.15) is 10.2 Å². The number of aromatic nitrogens is 7. The van der Waals surface area contributed by atoms with E-state index in [1.807, 2.05) is 31.3 Å². The molecule has 1 aromatic carbocycles. The van der Waals surface area contributed by atoms with E-state index in [1.165, 1.54) is 17.5 Å². The van der Waals surface area contributed by atoms with Gasteiger partial charge in [-0.3, -0.25) is 0 Å². The molecule has 0 unspecified atom stereocenters. The predicted molar refractivity (Wildman–Crippen MR) is 96.8 cm³/mol. The van der Waals surface area contributed by atoms with Crippen LogP contribution in [-0.2, 0) is 13.1 Å². The predicted octanol–water partition coefficient (Wildman–Crippen LogP) is 2.22. The fraction of sp³-hybridized carbons (Fsp3) is 0.167. The summed E-state index contributed by atoms with van der Waals surface area (Å²) in [6, 6.07) is 14.1. The van der Waals surface area contributed by atoms with Crippen molar-refractivity contribution in [2.24, 2.45) is 0 Å². The Balaban J connectivity index is 1.35. The summed E-state index contributed by atoms with van der Waals surface area (Å²) in [5.41, 5.74) is 3.29. The molecule has 0 aliphatic rings. The van der Waals surface area contributed by atoms with Crippen LogP contribution in [0.25, 0.3) is 5.82 Å². The average molecular weight is 346 g/mol. The number of hydrogen-bond donors (Lipinski definition) is 1. The Morgan fingerprint density at radius 2 is 1.81 bits per heavy atom. The van der Waals surface area contributed by atoms with Crippen LogP contribution in [0.3, 0.4) is 0 Å². The van der Waals surface area contributed by atoms with E-state index in [0.717, 1.165) is 11.5 Å². The first-order valence-corrected chi connectivity index (χ1v) is 8.27. The molecule has 0 radical (unpaired) electrons. The van der Waals surface area contributed by atoms with Gasteiger partial charge in [0.15, 0.2) is 5.82 Å². The highest BCUT2D eigenvalue weighted by Gasteiger charge is 2.02. The zero-order chi connectivity index (χ0) is 17.8. The van der Waals surface area contributed by atoms with Crippen molar-refractivity contribution in [3.8, 4) is 5.82 Å². The molecular weight excluding hydrogens is 328 g/mol. The topological polar surface area (TPSA) is 86.3 Å². The van der Waals surface area contributed by atoms with Crippen LogP contribution in [0.2, 0.25) is 0 Å². The third-order valence-electron chi connectivity index (χ3n) is 3.92. The van der Waals surface area contributed by atoms with Gasteiger partial charge >= 0.3 is 0 Å². The van der Waals surface area contributed by atoms with Crippen LogP contribution in [0.4, 0.5) is 5.82 Å². The standard InChI is InChI=1S/C18H18N8/c1-14-8-9-26(24-14)18-7-6-17(22-23-18)20-10-15-2-4-16(5-3-15)11-25-13-19-12-21-25/h2-9,12-13H,10-11H2,1H3,(H,20,22). The summed E-state index contributed by atoms with van der Waals surface area (Å²) in [6.45, 7) is 3.34. The van der Waals surface area contributed by atoms with E-state index in [9.17, 15) is 0 Å².